The molecular weight excluding hydrogens is 390 g/mol. The van der Waals surface area contributed by atoms with E-state index in [-0.39, 0.29) is 28.8 Å². The molecule has 1 fully saturated rings. The fourth-order valence-corrected chi connectivity index (χ4v) is 2.80. The van der Waals surface area contributed by atoms with Crippen molar-refractivity contribution in [3.8, 4) is 11.5 Å². The molecule has 0 radical (unpaired) electrons. The monoisotopic (exact) mass is 403 g/mol. The Bertz CT molecular complexity index is 1000. The van der Waals surface area contributed by atoms with E-state index in [4.69, 9.17) is 21.1 Å². The summed E-state index contributed by atoms with van der Waals surface area (Å²) in [4.78, 5) is 33.2. The molecular formula is C18H14ClN3O6. The number of carbonyl (C=O) groups excluding carboxylic acids is 2. The number of rotatable bonds is 6. The minimum Gasteiger partial charge on any atom is -0.493 e. The highest BCUT2D eigenvalue weighted by Crippen LogP contribution is 2.37. The molecule has 0 spiro atoms. The van der Waals surface area contributed by atoms with E-state index in [0.717, 1.165) is 0 Å². The average Bonchev–Trinajstić information content (AvgIpc) is 2.97. The van der Waals surface area contributed by atoms with Crippen molar-refractivity contribution in [1.29, 1.82) is 0 Å². The molecule has 2 aromatic carbocycles. The van der Waals surface area contributed by atoms with Gasteiger partial charge in [-0.2, -0.15) is 0 Å². The van der Waals surface area contributed by atoms with Gasteiger partial charge in [0.15, 0.2) is 11.5 Å². The fraction of sp³-hybridized carbons (Fsp3) is 0.111. The number of ether oxygens (including phenoxy) is 2. The van der Waals surface area contributed by atoms with Crippen molar-refractivity contribution in [3.05, 3.63) is 68.4 Å². The largest absolute Gasteiger partial charge is 0.493 e. The predicted molar refractivity (Wildman–Crippen MR) is 100 cm³/mol. The van der Waals surface area contributed by atoms with Gasteiger partial charge in [-0.05, 0) is 29.3 Å². The standard InChI is InChI=1S/C18H14ClN3O6/c1-27-15-8-11(7-14-17(23)21-18(24)20-14)6-13(19)16(15)28-9-10-3-2-4-12(5-10)22(25)26/h2-8H,9H2,1H3,(H2,20,21,23,24)/b14-7+. The van der Waals surface area contributed by atoms with Crippen LogP contribution in [0.2, 0.25) is 5.02 Å². The minimum atomic E-state index is -0.605. The smallest absolute Gasteiger partial charge is 0.326 e. The van der Waals surface area contributed by atoms with Gasteiger partial charge in [-0.25, -0.2) is 4.79 Å². The molecule has 9 nitrogen and oxygen atoms in total. The third-order valence-electron chi connectivity index (χ3n) is 3.79. The van der Waals surface area contributed by atoms with E-state index < -0.39 is 16.9 Å². The number of non-ortho nitro benzene ring substituents is 1. The zero-order valence-electron chi connectivity index (χ0n) is 14.5. The van der Waals surface area contributed by atoms with Crippen LogP contribution < -0.4 is 20.1 Å². The summed E-state index contributed by atoms with van der Waals surface area (Å²) in [6.45, 7) is 0.0384. The number of imide groups is 1. The van der Waals surface area contributed by atoms with Crippen molar-refractivity contribution < 1.29 is 24.0 Å². The summed E-state index contributed by atoms with van der Waals surface area (Å²) in [5.74, 6) is -0.00154. The maximum atomic E-state index is 11.6. The SMILES string of the molecule is COc1cc(/C=C2/NC(=O)NC2=O)cc(Cl)c1OCc1cccc([N+](=O)[O-])c1. The van der Waals surface area contributed by atoms with Crippen molar-refractivity contribution >= 4 is 35.3 Å². The van der Waals surface area contributed by atoms with Crippen LogP contribution in [0, 0.1) is 10.1 Å². The molecule has 1 aliphatic rings. The molecule has 2 N–H and O–H groups in total. The Morgan fingerprint density at radius 1 is 1.21 bits per heavy atom. The molecule has 0 atom stereocenters. The van der Waals surface area contributed by atoms with Crippen LogP contribution in [0.1, 0.15) is 11.1 Å². The van der Waals surface area contributed by atoms with Gasteiger partial charge >= 0.3 is 6.03 Å². The number of methoxy groups -OCH3 is 1. The predicted octanol–water partition coefficient (Wildman–Crippen LogP) is 3.02. The van der Waals surface area contributed by atoms with Gasteiger partial charge in [0.05, 0.1) is 17.1 Å². The number of halogens is 1. The summed E-state index contributed by atoms with van der Waals surface area (Å²) < 4.78 is 11.0. The van der Waals surface area contributed by atoms with Crippen LogP contribution in [0.15, 0.2) is 42.1 Å². The molecule has 2 aromatic rings. The first-order chi connectivity index (χ1) is 13.4. The van der Waals surface area contributed by atoms with Gasteiger partial charge in [0.25, 0.3) is 11.6 Å². The van der Waals surface area contributed by atoms with E-state index in [2.05, 4.69) is 10.6 Å². The fourth-order valence-electron chi connectivity index (χ4n) is 2.53. The number of carbonyl (C=O) groups is 2. The molecule has 10 heteroatoms. The van der Waals surface area contributed by atoms with E-state index in [1.807, 2.05) is 0 Å². The number of nitrogens with one attached hydrogen (secondary N) is 2. The second-order valence-corrected chi connectivity index (χ2v) is 6.12. The number of amides is 3. The second-order valence-electron chi connectivity index (χ2n) is 5.72. The van der Waals surface area contributed by atoms with Crippen molar-refractivity contribution in [3.63, 3.8) is 0 Å². The van der Waals surface area contributed by atoms with Gasteiger partial charge in [0.2, 0.25) is 0 Å². The number of nitrogens with zero attached hydrogens (tertiary/aromatic N) is 1. The highest BCUT2D eigenvalue weighted by atomic mass is 35.5. The first-order valence-electron chi connectivity index (χ1n) is 7.95. The number of urea groups is 1. The van der Waals surface area contributed by atoms with Gasteiger partial charge in [-0.1, -0.05) is 23.7 Å². The molecule has 0 bridgehead atoms. The summed E-state index contributed by atoms with van der Waals surface area (Å²) in [5, 5.41) is 15.6. The lowest BCUT2D eigenvalue weighted by atomic mass is 10.1. The Morgan fingerprint density at radius 3 is 2.64 bits per heavy atom. The minimum absolute atomic E-state index is 0.0384. The van der Waals surface area contributed by atoms with Crippen LogP contribution in [0.5, 0.6) is 11.5 Å². The Morgan fingerprint density at radius 2 is 2.00 bits per heavy atom. The quantitative estimate of drug-likeness (QED) is 0.331. The van der Waals surface area contributed by atoms with Crippen molar-refractivity contribution in [2.75, 3.05) is 7.11 Å². The third kappa shape index (κ3) is 4.21. The number of hydrogen-bond acceptors (Lipinski definition) is 6. The number of nitro groups is 1. The first-order valence-corrected chi connectivity index (χ1v) is 8.33. The maximum Gasteiger partial charge on any atom is 0.326 e. The molecule has 3 amide bonds. The summed E-state index contributed by atoms with van der Waals surface area (Å²) >= 11 is 6.28. The first kappa shape index (κ1) is 19.2. The van der Waals surface area contributed by atoms with Gasteiger partial charge in [-0.3, -0.25) is 20.2 Å². The molecule has 144 valence electrons. The molecule has 1 saturated heterocycles. The average molecular weight is 404 g/mol. The van der Waals surface area contributed by atoms with E-state index >= 15 is 0 Å². The Balaban J connectivity index is 1.83. The second kappa shape index (κ2) is 7.97. The highest BCUT2D eigenvalue weighted by molar-refractivity contribution is 6.32. The van der Waals surface area contributed by atoms with Gasteiger partial charge in [0.1, 0.15) is 12.3 Å². The molecule has 0 aliphatic carbocycles. The summed E-state index contributed by atoms with van der Waals surface area (Å²) in [6, 6.07) is 8.56. The van der Waals surface area contributed by atoms with Crippen LogP contribution in [-0.2, 0) is 11.4 Å². The molecule has 0 saturated carbocycles. The third-order valence-corrected chi connectivity index (χ3v) is 4.07. The van der Waals surface area contributed by atoms with E-state index in [9.17, 15) is 19.7 Å². The van der Waals surface area contributed by atoms with Crippen molar-refractivity contribution in [2.45, 2.75) is 6.61 Å². The van der Waals surface area contributed by atoms with Crippen LogP contribution >= 0.6 is 11.6 Å². The summed E-state index contributed by atoms with van der Waals surface area (Å²) in [5.41, 5.74) is 1.13. The lowest BCUT2D eigenvalue weighted by Crippen LogP contribution is -2.22. The van der Waals surface area contributed by atoms with Gasteiger partial charge < -0.3 is 14.8 Å². The van der Waals surface area contributed by atoms with Gasteiger partial charge in [-0.15, -0.1) is 0 Å². The summed E-state index contributed by atoms with van der Waals surface area (Å²) in [6.07, 6.45) is 1.44. The Kier molecular flexibility index (Phi) is 5.46. The van der Waals surface area contributed by atoms with E-state index in [0.29, 0.717) is 16.9 Å². The number of benzene rings is 2. The van der Waals surface area contributed by atoms with Crippen LogP contribution in [0.3, 0.4) is 0 Å². The van der Waals surface area contributed by atoms with E-state index in [1.165, 1.54) is 31.4 Å². The molecule has 1 aliphatic heterocycles. The van der Waals surface area contributed by atoms with E-state index in [1.54, 1.807) is 18.2 Å². The lowest BCUT2D eigenvalue weighted by molar-refractivity contribution is -0.384. The molecule has 1 heterocycles. The maximum absolute atomic E-state index is 11.6. The van der Waals surface area contributed by atoms with Crippen molar-refractivity contribution in [1.82, 2.24) is 10.6 Å². The number of hydrogen-bond donors (Lipinski definition) is 2. The zero-order chi connectivity index (χ0) is 20.3. The molecule has 3 rings (SSSR count). The Labute approximate surface area is 164 Å². The van der Waals surface area contributed by atoms with Crippen molar-refractivity contribution in [2.24, 2.45) is 0 Å². The Hall–Kier alpha value is -3.59. The number of nitro benzene ring substituents is 1. The molecule has 0 aromatic heterocycles. The molecule has 0 unspecified atom stereocenters. The lowest BCUT2D eigenvalue weighted by Gasteiger charge is -2.13. The normalized spacial score (nSPS) is 14.6. The van der Waals surface area contributed by atoms with Gasteiger partial charge in [0, 0.05) is 12.1 Å². The molecule has 28 heavy (non-hydrogen) atoms. The van der Waals surface area contributed by atoms with Crippen LogP contribution in [0.25, 0.3) is 6.08 Å². The van der Waals surface area contributed by atoms with Crippen LogP contribution in [0.4, 0.5) is 10.5 Å². The van der Waals surface area contributed by atoms with Crippen LogP contribution in [-0.4, -0.2) is 24.0 Å². The topological polar surface area (TPSA) is 120 Å². The highest BCUT2D eigenvalue weighted by Gasteiger charge is 2.23. The zero-order valence-corrected chi connectivity index (χ0v) is 15.3. The summed E-state index contributed by atoms with van der Waals surface area (Å²) in [7, 11) is 1.42.